The van der Waals surface area contributed by atoms with E-state index in [0.717, 1.165) is 49.8 Å². The molecule has 1 aromatic heterocycles. The summed E-state index contributed by atoms with van der Waals surface area (Å²) in [6.07, 6.45) is 2.05. The third-order valence-corrected chi connectivity index (χ3v) is 3.27. The van der Waals surface area contributed by atoms with Crippen LogP contribution in [0.4, 0.5) is 0 Å². The van der Waals surface area contributed by atoms with Crippen molar-refractivity contribution in [1.29, 1.82) is 0 Å². The molecule has 1 N–H and O–H groups in total. The van der Waals surface area contributed by atoms with Crippen LogP contribution in [-0.2, 0) is 11.2 Å². The number of aryl methyl sites for hydroxylation is 3. The Morgan fingerprint density at radius 3 is 2.37 bits per heavy atom. The maximum Gasteiger partial charge on any atom is 0.128 e. The zero-order valence-corrected chi connectivity index (χ0v) is 12.9. The summed E-state index contributed by atoms with van der Waals surface area (Å²) in [4.78, 5) is 9.25. The Kier molecular flexibility index (Phi) is 6.95. The van der Waals surface area contributed by atoms with Gasteiger partial charge in [-0.2, -0.15) is 0 Å². The third kappa shape index (κ3) is 4.88. The average molecular weight is 265 g/mol. The summed E-state index contributed by atoms with van der Waals surface area (Å²) in [5.74, 6) is 1.40. The second-order valence-electron chi connectivity index (χ2n) is 5.07. The van der Waals surface area contributed by atoms with Crippen LogP contribution in [0.15, 0.2) is 0 Å². The van der Waals surface area contributed by atoms with Crippen molar-refractivity contribution in [3.05, 3.63) is 22.8 Å². The van der Waals surface area contributed by atoms with Gasteiger partial charge in [-0.3, -0.25) is 0 Å². The van der Waals surface area contributed by atoms with E-state index in [-0.39, 0.29) is 0 Å². The molecule has 0 amide bonds. The van der Waals surface area contributed by atoms with E-state index in [1.54, 1.807) is 7.11 Å². The predicted molar refractivity (Wildman–Crippen MR) is 78.7 cm³/mol. The van der Waals surface area contributed by atoms with E-state index < -0.39 is 0 Å². The maximum atomic E-state index is 5.03. The zero-order valence-electron chi connectivity index (χ0n) is 12.9. The van der Waals surface area contributed by atoms with Gasteiger partial charge in [-0.05, 0) is 31.7 Å². The van der Waals surface area contributed by atoms with Gasteiger partial charge in [0.25, 0.3) is 0 Å². The lowest BCUT2D eigenvalue weighted by atomic mass is 9.98. The van der Waals surface area contributed by atoms with Crippen molar-refractivity contribution in [3.63, 3.8) is 0 Å². The summed E-state index contributed by atoms with van der Waals surface area (Å²) in [6, 6.07) is 0. The lowest BCUT2D eigenvalue weighted by Crippen LogP contribution is -2.25. The molecule has 1 heterocycles. The van der Waals surface area contributed by atoms with Crippen molar-refractivity contribution in [2.24, 2.45) is 0 Å². The highest BCUT2D eigenvalue weighted by atomic mass is 16.5. The number of hydrogen-bond donors (Lipinski definition) is 1. The summed E-state index contributed by atoms with van der Waals surface area (Å²) < 4.78 is 5.03. The molecule has 0 spiro atoms. The zero-order chi connectivity index (χ0) is 14.3. The molecule has 1 rings (SSSR count). The number of hydrogen-bond acceptors (Lipinski definition) is 4. The second-order valence-corrected chi connectivity index (χ2v) is 5.07. The summed E-state index contributed by atoms with van der Waals surface area (Å²) in [7, 11) is 1.72. The number of rotatable bonds is 8. The van der Waals surface area contributed by atoms with Gasteiger partial charge in [0.2, 0.25) is 0 Å². The summed E-state index contributed by atoms with van der Waals surface area (Å²) in [6.45, 7) is 11.1. The summed E-state index contributed by atoms with van der Waals surface area (Å²) in [5.41, 5.74) is 3.53. The molecule has 0 aliphatic heterocycles. The molecule has 0 fully saturated rings. The highest BCUT2D eigenvalue weighted by Gasteiger charge is 2.14. The monoisotopic (exact) mass is 265 g/mol. The average Bonchev–Trinajstić information content (AvgIpc) is 2.34. The molecule has 0 aromatic carbocycles. The fraction of sp³-hybridized carbons (Fsp3) is 0.733. The molecule has 1 unspecified atom stereocenters. The Morgan fingerprint density at radius 2 is 1.84 bits per heavy atom. The number of methoxy groups -OCH3 is 1. The van der Waals surface area contributed by atoms with E-state index in [4.69, 9.17) is 4.74 Å². The SMILES string of the molecule is CCCc1nc(C)c(C(C)CNCCOC)c(C)n1. The van der Waals surface area contributed by atoms with Crippen molar-refractivity contribution in [2.45, 2.75) is 46.5 Å². The number of aromatic nitrogens is 2. The van der Waals surface area contributed by atoms with Crippen molar-refractivity contribution in [2.75, 3.05) is 26.8 Å². The van der Waals surface area contributed by atoms with Crippen LogP contribution in [0.1, 0.15) is 49.0 Å². The van der Waals surface area contributed by atoms with Gasteiger partial charge in [-0.15, -0.1) is 0 Å². The molecular formula is C15H27N3O. The Hall–Kier alpha value is -1.00. The Morgan fingerprint density at radius 1 is 1.21 bits per heavy atom. The topological polar surface area (TPSA) is 47.0 Å². The molecule has 0 radical (unpaired) electrons. The maximum absolute atomic E-state index is 5.03. The lowest BCUT2D eigenvalue weighted by Gasteiger charge is -2.18. The van der Waals surface area contributed by atoms with Crippen LogP contribution in [0.5, 0.6) is 0 Å². The predicted octanol–water partition coefficient (Wildman–Crippen LogP) is 2.39. The van der Waals surface area contributed by atoms with E-state index in [2.05, 4.69) is 43.0 Å². The third-order valence-electron chi connectivity index (χ3n) is 3.27. The quantitative estimate of drug-likeness (QED) is 0.733. The number of ether oxygens (including phenoxy) is 1. The molecular weight excluding hydrogens is 238 g/mol. The van der Waals surface area contributed by atoms with Gasteiger partial charge in [0.1, 0.15) is 5.82 Å². The van der Waals surface area contributed by atoms with Crippen LogP contribution in [0.3, 0.4) is 0 Å². The first-order chi connectivity index (χ1) is 9.10. The van der Waals surface area contributed by atoms with Crippen LogP contribution in [0.2, 0.25) is 0 Å². The van der Waals surface area contributed by atoms with Gasteiger partial charge in [0, 0.05) is 38.0 Å². The first-order valence-electron chi connectivity index (χ1n) is 7.13. The summed E-state index contributed by atoms with van der Waals surface area (Å²) in [5, 5.41) is 3.40. The minimum absolute atomic E-state index is 0.424. The molecule has 0 bridgehead atoms. The smallest absolute Gasteiger partial charge is 0.128 e. The molecule has 0 aliphatic rings. The van der Waals surface area contributed by atoms with E-state index >= 15 is 0 Å². The fourth-order valence-corrected chi connectivity index (χ4v) is 2.44. The van der Waals surface area contributed by atoms with E-state index in [1.165, 1.54) is 5.56 Å². The van der Waals surface area contributed by atoms with E-state index in [1.807, 2.05) is 0 Å². The second kappa shape index (κ2) is 8.23. The van der Waals surface area contributed by atoms with Gasteiger partial charge >= 0.3 is 0 Å². The standard InChI is InChI=1S/C15H27N3O/c1-6-7-14-17-12(3)15(13(4)18-14)11(2)10-16-8-9-19-5/h11,16H,6-10H2,1-5H3. The molecule has 0 saturated heterocycles. The van der Waals surface area contributed by atoms with Crippen LogP contribution in [0, 0.1) is 13.8 Å². The van der Waals surface area contributed by atoms with Crippen molar-refractivity contribution < 1.29 is 4.74 Å². The minimum atomic E-state index is 0.424. The Labute approximate surface area is 117 Å². The molecule has 0 aliphatic carbocycles. The molecule has 1 aromatic rings. The minimum Gasteiger partial charge on any atom is -0.383 e. The number of nitrogens with zero attached hydrogens (tertiary/aromatic N) is 2. The largest absolute Gasteiger partial charge is 0.383 e. The van der Waals surface area contributed by atoms with Crippen LogP contribution >= 0.6 is 0 Å². The van der Waals surface area contributed by atoms with Gasteiger partial charge in [0.05, 0.1) is 6.61 Å². The van der Waals surface area contributed by atoms with Gasteiger partial charge in [-0.1, -0.05) is 13.8 Å². The van der Waals surface area contributed by atoms with Crippen molar-refractivity contribution in [3.8, 4) is 0 Å². The van der Waals surface area contributed by atoms with Crippen LogP contribution in [0.25, 0.3) is 0 Å². The van der Waals surface area contributed by atoms with E-state index in [0.29, 0.717) is 5.92 Å². The molecule has 4 heteroatoms. The molecule has 1 atom stereocenters. The Balaban J connectivity index is 2.71. The summed E-state index contributed by atoms with van der Waals surface area (Å²) >= 11 is 0. The number of nitrogens with one attached hydrogen (secondary N) is 1. The fourth-order valence-electron chi connectivity index (χ4n) is 2.44. The molecule has 19 heavy (non-hydrogen) atoms. The van der Waals surface area contributed by atoms with Gasteiger partial charge in [-0.25, -0.2) is 9.97 Å². The molecule has 108 valence electrons. The van der Waals surface area contributed by atoms with Gasteiger partial charge < -0.3 is 10.1 Å². The van der Waals surface area contributed by atoms with Crippen LogP contribution in [-0.4, -0.2) is 36.8 Å². The van der Waals surface area contributed by atoms with Crippen LogP contribution < -0.4 is 5.32 Å². The van der Waals surface area contributed by atoms with Gasteiger partial charge in [0.15, 0.2) is 0 Å². The van der Waals surface area contributed by atoms with Crippen molar-refractivity contribution >= 4 is 0 Å². The molecule has 4 nitrogen and oxygen atoms in total. The highest BCUT2D eigenvalue weighted by Crippen LogP contribution is 2.21. The first-order valence-corrected chi connectivity index (χ1v) is 7.13. The lowest BCUT2D eigenvalue weighted by molar-refractivity contribution is 0.199. The molecule has 0 saturated carbocycles. The van der Waals surface area contributed by atoms with E-state index in [9.17, 15) is 0 Å². The van der Waals surface area contributed by atoms with Crippen molar-refractivity contribution in [1.82, 2.24) is 15.3 Å². The first kappa shape index (κ1) is 16.1. The Bertz CT molecular complexity index is 370. The normalized spacial score (nSPS) is 12.7. The highest BCUT2D eigenvalue weighted by molar-refractivity contribution is 5.28.